The number of H-pyrrole nitrogens is 1. The monoisotopic (exact) mass is 456 g/mol. The van der Waals surface area contributed by atoms with Crippen LogP contribution in [-0.2, 0) is 19.4 Å². The van der Waals surface area contributed by atoms with E-state index in [0.29, 0.717) is 24.2 Å². The van der Waals surface area contributed by atoms with Crippen LogP contribution >= 0.6 is 0 Å². The molecule has 0 unspecified atom stereocenters. The maximum atomic E-state index is 14.2. The summed E-state index contributed by atoms with van der Waals surface area (Å²) in [5, 5.41) is 0. The number of Topliss-reactive ketones (excluding diaryl/α,β-unsaturated/α-hetero) is 1. The molecular weight excluding hydrogens is 431 g/mol. The van der Waals surface area contributed by atoms with E-state index < -0.39 is 5.82 Å². The number of benzene rings is 3. The van der Waals surface area contributed by atoms with Gasteiger partial charge in [0.1, 0.15) is 24.3 Å². The molecule has 6 heteroatoms. The molecular formula is C28H25FN2O3. The van der Waals surface area contributed by atoms with Gasteiger partial charge in [-0.05, 0) is 48.2 Å². The number of halogens is 1. The fourth-order valence-electron chi connectivity index (χ4n) is 4.39. The summed E-state index contributed by atoms with van der Waals surface area (Å²) in [6, 6.07) is 19.9. The lowest BCUT2D eigenvalue weighted by molar-refractivity contribution is 0.0971. The number of nitrogens with one attached hydrogen (secondary N) is 1. The predicted molar refractivity (Wildman–Crippen MR) is 127 cm³/mol. The number of carbonyl (C=O) groups excluding carboxylic acids is 1. The molecule has 3 aromatic carbocycles. The molecule has 0 saturated carbocycles. The third kappa shape index (κ3) is 4.71. The summed E-state index contributed by atoms with van der Waals surface area (Å²) >= 11 is 0. The average Bonchev–Trinajstić information content (AvgIpc) is 3.38. The van der Waals surface area contributed by atoms with Gasteiger partial charge in [0, 0.05) is 36.4 Å². The van der Waals surface area contributed by atoms with Crippen LogP contribution in [0.25, 0.3) is 0 Å². The minimum absolute atomic E-state index is 0.106. The smallest absolute Gasteiger partial charge is 0.165 e. The Bertz CT molecular complexity index is 1270. The fraction of sp³-hybridized carbons (Fsp3) is 0.214. The molecule has 172 valence electrons. The second-order valence-corrected chi connectivity index (χ2v) is 8.32. The zero-order chi connectivity index (χ0) is 23.3. The van der Waals surface area contributed by atoms with Crippen LogP contribution in [0.1, 0.15) is 51.8 Å². The number of ketones is 1. The van der Waals surface area contributed by atoms with Crippen molar-refractivity contribution in [3.05, 3.63) is 113 Å². The van der Waals surface area contributed by atoms with Crippen molar-refractivity contribution in [2.24, 2.45) is 0 Å². The molecule has 0 spiro atoms. The Labute approximate surface area is 197 Å². The van der Waals surface area contributed by atoms with E-state index in [1.165, 1.54) is 6.07 Å². The Morgan fingerprint density at radius 2 is 1.79 bits per heavy atom. The predicted octanol–water partition coefficient (Wildman–Crippen LogP) is 6.01. The molecule has 1 aliphatic rings. The van der Waals surface area contributed by atoms with E-state index in [1.54, 1.807) is 30.6 Å². The van der Waals surface area contributed by atoms with Gasteiger partial charge < -0.3 is 14.5 Å². The van der Waals surface area contributed by atoms with Crippen LogP contribution < -0.4 is 9.47 Å². The topological polar surface area (TPSA) is 64.2 Å². The molecule has 1 aromatic heterocycles. The van der Waals surface area contributed by atoms with Crippen LogP contribution in [0.15, 0.2) is 79.1 Å². The normalized spacial score (nSPS) is 13.9. The van der Waals surface area contributed by atoms with Crippen molar-refractivity contribution >= 4 is 5.78 Å². The van der Waals surface area contributed by atoms with Crippen LogP contribution in [0.2, 0.25) is 0 Å². The number of aromatic nitrogens is 2. The number of fused-ring (bicyclic) bond motifs is 1. The lowest BCUT2D eigenvalue weighted by atomic mass is 9.87. The molecule has 0 saturated heterocycles. The molecule has 0 amide bonds. The first-order chi connectivity index (χ1) is 16.7. The Kier molecular flexibility index (Phi) is 6.38. The van der Waals surface area contributed by atoms with Crippen LogP contribution in [0, 0.1) is 5.82 Å². The van der Waals surface area contributed by atoms with Gasteiger partial charge in [0.05, 0.1) is 0 Å². The molecule has 4 aromatic rings. The quantitative estimate of drug-likeness (QED) is 0.353. The molecule has 5 nitrogen and oxygen atoms in total. The second-order valence-electron chi connectivity index (χ2n) is 8.32. The molecule has 1 aliphatic carbocycles. The number of rotatable bonds is 8. The molecule has 0 fully saturated rings. The van der Waals surface area contributed by atoms with Crippen molar-refractivity contribution in [1.82, 2.24) is 9.97 Å². The number of imidazole rings is 1. The number of para-hydroxylation sites is 1. The van der Waals surface area contributed by atoms with Gasteiger partial charge in [0.2, 0.25) is 0 Å². The van der Waals surface area contributed by atoms with Gasteiger partial charge in [-0.3, -0.25) is 4.79 Å². The zero-order valence-electron chi connectivity index (χ0n) is 18.7. The van der Waals surface area contributed by atoms with Gasteiger partial charge in [-0.15, -0.1) is 0 Å². The number of aromatic amines is 1. The number of carbonyl (C=O) groups is 1. The minimum Gasteiger partial charge on any atom is -0.486 e. The highest BCUT2D eigenvalue weighted by Crippen LogP contribution is 2.35. The highest BCUT2D eigenvalue weighted by molar-refractivity contribution is 5.99. The summed E-state index contributed by atoms with van der Waals surface area (Å²) < 4.78 is 26.7. The number of nitrogens with zero attached hydrogens (tertiary/aromatic N) is 1. The van der Waals surface area contributed by atoms with Crippen molar-refractivity contribution in [3.63, 3.8) is 0 Å². The Balaban J connectivity index is 1.51. The summed E-state index contributed by atoms with van der Waals surface area (Å²) in [7, 11) is 0. The third-order valence-corrected chi connectivity index (χ3v) is 6.10. The number of ether oxygens (including phenoxy) is 2. The highest BCUT2D eigenvalue weighted by atomic mass is 19.1. The van der Waals surface area contributed by atoms with E-state index in [9.17, 15) is 9.18 Å². The molecule has 1 atom stereocenters. The van der Waals surface area contributed by atoms with Crippen molar-refractivity contribution in [2.75, 3.05) is 0 Å². The molecule has 0 aliphatic heterocycles. The van der Waals surface area contributed by atoms with E-state index in [1.807, 2.05) is 42.5 Å². The summed E-state index contributed by atoms with van der Waals surface area (Å²) in [4.78, 5) is 20.1. The van der Waals surface area contributed by atoms with Gasteiger partial charge in [-0.25, -0.2) is 9.37 Å². The lowest BCUT2D eigenvalue weighted by Gasteiger charge is -2.25. The van der Waals surface area contributed by atoms with Gasteiger partial charge in [0.25, 0.3) is 0 Å². The van der Waals surface area contributed by atoms with Crippen LogP contribution in [0.4, 0.5) is 4.39 Å². The molecule has 1 N–H and O–H groups in total. The highest BCUT2D eigenvalue weighted by Gasteiger charge is 2.25. The van der Waals surface area contributed by atoms with Gasteiger partial charge in [-0.1, -0.05) is 42.5 Å². The molecule has 34 heavy (non-hydrogen) atoms. The maximum absolute atomic E-state index is 14.2. The van der Waals surface area contributed by atoms with E-state index in [-0.39, 0.29) is 24.2 Å². The zero-order valence-corrected chi connectivity index (χ0v) is 18.7. The van der Waals surface area contributed by atoms with Gasteiger partial charge in [-0.2, -0.15) is 0 Å². The van der Waals surface area contributed by atoms with Gasteiger partial charge in [0.15, 0.2) is 17.3 Å². The average molecular weight is 457 g/mol. The van der Waals surface area contributed by atoms with E-state index >= 15 is 0 Å². The summed E-state index contributed by atoms with van der Waals surface area (Å²) in [6.07, 6.45) is 5.80. The summed E-state index contributed by atoms with van der Waals surface area (Å²) in [5.74, 6) is 1.31. The maximum Gasteiger partial charge on any atom is 0.165 e. The SMILES string of the molecule is O=C1CCCc2c1ccc(O[C@@H](Cc1ncc[nH]1)c1ccccc1)c2COc1ccccc1F. The first-order valence-corrected chi connectivity index (χ1v) is 11.4. The number of hydrogen-bond donors (Lipinski definition) is 1. The lowest BCUT2D eigenvalue weighted by Crippen LogP contribution is -2.18. The molecule has 0 radical (unpaired) electrons. The summed E-state index contributed by atoms with van der Waals surface area (Å²) in [6.45, 7) is 0.106. The van der Waals surface area contributed by atoms with E-state index in [4.69, 9.17) is 9.47 Å². The second kappa shape index (κ2) is 9.91. The number of hydrogen-bond acceptors (Lipinski definition) is 4. The Morgan fingerprint density at radius 1 is 0.971 bits per heavy atom. The van der Waals surface area contributed by atoms with Crippen LogP contribution in [-0.4, -0.2) is 15.8 Å². The first kappa shape index (κ1) is 21.9. The molecule has 5 rings (SSSR count). The largest absolute Gasteiger partial charge is 0.486 e. The van der Waals surface area contributed by atoms with E-state index in [2.05, 4.69) is 9.97 Å². The Hall–Kier alpha value is -3.93. The summed E-state index contributed by atoms with van der Waals surface area (Å²) in [5.41, 5.74) is 3.42. The van der Waals surface area contributed by atoms with Crippen LogP contribution in [0.3, 0.4) is 0 Å². The van der Waals surface area contributed by atoms with Crippen molar-refractivity contribution in [3.8, 4) is 11.5 Å². The van der Waals surface area contributed by atoms with Crippen molar-refractivity contribution in [2.45, 2.75) is 38.4 Å². The minimum atomic E-state index is -0.425. The van der Waals surface area contributed by atoms with Crippen molar-refractivity contribution in [1.29, 1.82) is 0 Å². The molecule has 1 heterocycles. The Morgan fingerprint density at radius 3 is 2.59 bits per heavy atom. The van der Waals surface area contributed by atoms with Crippen LogP contribution in [0.5, 0.6) is 11.5 Å². The van der Waals surface area contributed by atoms with Gasteiger partial charge >= 0.3 is 0 Å². The third-order valence-electron chi connectivity index (χ3n) is 6.10. The first-order valence-electron chi connectivity index (χ1n) is 11.4. The standard InChI is InChI=1S/C28H25FN2O3/c29-23-10-4-5-12-26(23)33-18-22-20-9-6-11-24(32)21(20)13-14-25(22)34-27(17-28-30-15-16-31-28)19-7-2-1-3-8-19/h1-5,7-8,10,12-16,27H,6,9,11,17-18H2,(H,30,31)/t27-/m0/s1. The fourth-order valence-corrected chi connectivity index (χ4v) is 4.39. The van der Waals surface area contributed by atoms with E-state index in [0.717, 1.165) is 35.4 Å². The van der Waals surface area contributed by atoms with Crippen molar-refractivity contribution < 1.29 is 18.7 Å². The molecule has 0 bridgehead atoms.